The number of hydrogen-bond acceptors (Lipinski definition) is 2. The quantitative estimate of drug-likeness (QED) is 0.383. The first-order chi connectivity index (χ1) is 5.35. The van der Waals surface area contributed by atoms with Gasteiger partial charge in [0.1, 0.15) is 6.29 Å². The van der Waals surface area contributed by atoms with E-state index in [1.807, 2.05) is 26.0 Å². The lowest BCUT2D eigenvalue weighted by molar-refractivity contribution is -0.104. The van der Waals surface area contributed by atoms with E-state index in [2.05, 4.69) is 5.73 Å². The Morgan fingerprint density at radius 2 is 2.00 bits per heavy atom. The molecule has 64 valence electrons. The molecule has 0 aliphatic rings. The van der Waals surface area contributed by atoms with Gasteiger partial charge in [0.2, 0.25) is 0 Å². The normalized spacial score (nSPS) is 10.7. The summed E-state index contributed by atoms with van der Waals surface area (Å²) in [6, 6.07) is 0. The van der Waals surface area contributed by atoms with Crippen LogP contribution in [0.5, 0.6) is 0 Å². The van der Waals surface area contributed by atoms with Crippen LogP contribution in [0.25, 0.3) is 0 Å². The fraction of sp³-hybridized carbons (Fsp3) is 0.444. The smallest absolute Gasteiger partial charge is 0.149 e. The molecule has 0 saturated heterocycles. The number of carbonyl (C=O) groups excluding carboxylic acids is 1. The molecule has 0 aliphatic carbocycles. The third-order valence-electron chi connectivity index (χ3n) is 0.935. The standard InChI is InChI=1S/C8H12O.CH5N/c1-3-5-8(7-9)6-4-2;1-2/h3,5-7H,4H2,1-2H3;2H2,1H3/b5-3-,8-6+;. The van der Waals surface area contributed by atoms with Crippen LogP contribution in [-0.4, -0.2) is 13.3 Å². The van der Waals surface area contributed by atoms with Gasteiger partial charge in [-0.05, 0) is 20.4 Å². The molecule has 11 heavy (non-hydrogen) atoms. The van der Waals surface area contributed by atoms with Crippen LogP contribution in [0.3, 0.4) is 0 Å². The lowest BCUT2D eigenvalue weighted by atomic mass is 10.2. The van der Waals surface area contributed by atoms with Gasteiger partial charge in [-0.2, -0.15) is 0 Å². The zero-order valence-electron chi connectivity index (χ0n) is 7.50. The van der Waals surface area contributed by atoms with Gasteiger partial charge >= 0.3 is 0 Å². The van der Waals surface area contributed by atoms with E-state index in [0.29, 0.717) is 0 Å². The van der Waals surface area contributed by atoms with Crippen molar-refractivity contribution in [1.29, 1.82) is 0 Å². The minimum absolute atomic E-state index is 0.764. The second kappa shape index (κ2) is 11.9. The summed E-state index contributed by atoms with van der Waals surface area (Å²) >= 11 is 0. The average Bonchev–Trinajstić information content (AvgIpc) is 2.08. The minimum Gasteiger partial charge on any atom is -0.333 e. The molecule has 2 nitrogen and oxygen atoms in total. The van der Waals surface area contributed by atoms with Gasteiger partial charge in [0.15, 0.2) is 0 Å². The Labute approximate surface area is 68.8 Å². The zero-order chi connectivity index (χ0) is 9.11. The third kappa shape index (κ3) is 9.11. The van der Waals surface area contributed by atoms with Gasteiger partial charge in [-0.25, -0.2) is 0 Å². The molecule has 0 amide bonds. The van der Waals surface area contributed by atoms with Crippen LogP contribution in [0.15, 0.2) is 23.8 Å². The van der Waals surface area contributed by atoms with Crippen molar-refractivity contribution in [2.45, 2.75) is 20.3 Å². The fourth-order valence-corrected chi connectivity index (χ4v) is 0.584. The van der Waals surface area contributed by atoms with Gasteiger partial charge < -0.3 is 5.73 Å². The fourth-order valence-electron chi connectivity index (χ4n) is 0.584. The highest BCUT2D eigenvalue weighted by Crippen LogP contribution is 1.93. The van der Waals surface area contributed by atoms with Gasteiger partial charge in [0.25, 0.3) is 0 Å². The largest absolute Gasteiger partial charge is 0.333 e. The van der Waals surface area contributed by atoms with Crippen LogP contribution in [0, 0.1) is 0 Å². The molecule has 0 atom stereocenters. The molecular weight excluding hydrogens is 138 g/mol. The number of nitrogens with two attached hydrogens (primary N) is 1. The van der Waals surface area contributed by atoms with E-state index >= 15 is 0 Å². The molecule has 0 unspecified atom stereocenters. The van der Waals surface area contributed by atoms with E-state index < -0.39 is 0 Å². The maximum atomic E-state index is 10.2. The molecule has 0 radical (unpaired) electrons. The first kappa shape index (κ1) is 12.8. The van der Waals surface area contributed by atoms with Crippen molar-refractivity contribution in [3.05, 3.63) is 23.8 Å². The zero-order valence-corrected chi connectivity index (χ0v) is 7.50. The van der Waals surface area contributed by atoms with E-state index in [1.54, 1.807) is 6.08 Å². The highest BCUT2D eigenvalue weighted by Gasteiger charge is 1.82. The molecule has 0 rings (SSSR count). The summed E-state index contributed by atoms with van der Waals surface area (Å²) in [6.07, 6.45) is 7.33. The number of carbonyl (C=O) groups is 1. The van der Waals surface area contributed by atoms with Crippen LogP contribution in [-0.2, 0) is 4.79 Å². The summed E-state index contributed by atoms with van der Waals surface area (Å²) in [5, 5.41) is 0. The number of aldehydes is 1. The summed E-state index contributed by atoms with van der Waals surface area (Å²) in [5.74, 6) is 0. The molecule has 0 fully saturated rings. The van der Waals surface area contributed by atoms with E-state index in [-0.39, 0.29) is 0 Å². The van der Waals surface area contributed by atoms with Crippen molar-refractivity contribution < 1.29 is 4.79 Å². The van der Waals surface area contributed by atoms with Crippen LogP contribution < -0.4 is 5.73 Å². The lowest BCUT2D eigenvalue weighted by Crippen LogP contribution is -1.76. The number of rotatable bonds is 3. The molecular formula is C9H17NO. The van der Waals surface area contributed by atoms with Crippen LogP contribution in [0.4, 0.5) is 0 Å². The van der Waals surface area contributed by atoms with E-state index in [9.17, 15) is 4.79 Å². The predicted octanol–water partition coefficient (Wildman–Crippen LogP) is 1.67. The highest BCUT2D eigenvalue weighted by atomic mass is 16.1. The van der Waals surface area contributed by atoms with E-state index in [0.717, 1.165) is 18.3 Å². The molecule has 2 heteroatoms. The highest BCUT2D eigenvalue weighted by molar-refractivity contribution is 5.77. The van der Waals surface area contributed by atoms with Gasteiger partial charge in [-0.1, -0.05) is 25.2 Å². The Hall–Kier alpha value is -0.890. The first-order valence-electron chi connectivity index (χ1n) is 3.71. The van der Waals surface area contributed by atoms with Gasteiger partial charge in [0.05, 0.1) is 0 Å². The Morgan fingerprint density at radius 3 is 2.27 bits per heavy atom. The second-order valence-corrected chi connectivity index (χ2v) is 1.73. The van der Waals surface area contributed by atoms with Crippen LogP contribution in [0.2, 0.25) is 0 Å². The molecule has 0 bridgehead atoms. The molecule has 2 N–H and O–H groups in total. The first-order valence-corrected chi connectivity index (χ1v) is 3.71. The topological polar surface area (TPSA) is 43.1 Å². The van der Waals surface area contributed by atoms with Crippen molar-refractivity contribution in [3.8, 4) is 0 Å². The summed E-state index contributed by atoms with van der Waals surface area (Å²) < 4.78 is 0. The minimum atomic E-state index is 0.764. The number of hydrogen-bond donors (Lipinski definition) is 1. The molecule has 0 spiro atoms. The van der Waals surface area contributed by atoms with Crippen LogP contribution >= 0.6 is 0 Å². The van der Waals surface area contributed by atoms with E-state index in [4.69, 9.17) is 0 Å². The molecule has 0 aromatic carbocycles. The van der Waals surface area contributed by atoms with Crippen molar-refractivity contribution in [2.24, 2.45) is 5.73 Å². The van der Waals surface area contributed by atoms with Gasteiger partial charge in [-0.15, -0.1) is 0 Å². The summed E-state index contributed by atoms with van der Waals surface area (Å²) in [5.41, 5.74) is 5.26. The third-order valence-corrected chi connectivity index (χ3v) is 0.935. The molecule has 0 heterocycles. The maximum Gasteiger partial charge on any atom is 0.149 e. The van der Waals surface area contributed by atoms with Crippen molar-refractivity contribution in [3.63, 3.8) is 0 Å². The average molecular weight is 155 g/mol. The van der Waals surface area contributed by atoms with E-state index in [1.165, 1.54) is 7.05 Å². The summed E-state index contributed by atoms with van der Waals surface area (Å²) in [6.45, 7) is 3.90. The monoisotopic (exact) mass is 155 g/mol. The number of allylic oxidation sites excluding steroid dienone is 4. The van der Waals surface area contributed by atoms with Crippen molar-refractivity contribution in [1.82, 2.24) is 0 Å². The molecule has 0 aromatic heterocycles. The predicted molar refractivity (Wildman–Crippen MR) is 49.4 cm³/mol. The Balaban J connectivity index is 0. The molecule has 0 aromatic rings. The molecule has 0 aliphatic heterocycles. The van der Waals surface area contributed by atoms with Crippen molar-refractivity contribution >= 4 is 6.29 Å². The van der Waals surface area contributed by atoms with Crippen LogP contribution in [0.1, 0.15) is 20.3 Å². The second-order valence-electron chi connectivity index (χ2n) is 1.73. The maximum absolute atomic E-state index is 10.2. The van der Waals surface area contributed by atoms with Crippen molar-refractivity contribution in [2.75, 3.05) is 7.05 Å². The Morgan fingerprint density at radius 1 is 1.45 bits per heavy atom. The van der Waals surface area contributed by atoms with Gasteiger partial charge in [0, 0.05) is 5.57 Å². The SMILES string of the molecule is C/C=C\C(C=O)=C/CC.CN. The van der Waals surface area contributed by atoms with Gasteiger partial charge in [-0.3, -0.25) is 4.79 Å². The Kier molecular flexibility index (Phi) is 13.7. The Bertz CT molecular complexity index is 136. The lowest BCUT2D eigenvalue weighted by Gasteiger charge is -1.84. The summed E-state index contributed by atoms with van der Waals surface area (Å²) in [7, 11) is 1.50. The summed E-state index contributed by atoms with van der Waals surface area (Å²) in [4.78, 5) is 10.2. The molecule has 0 saturated carbocycles.